The molecule has 0 aromatic heterocycles. The number of rotatable bonds is 1. The number of ketones is 1. The van der Waals surface area contributed by atoms with Crippen molar-refractivity contribution in [1.82, 2.24) is 0 Å². The molecule has 0 saturated heterocycles. The lowest BCUT2D eigenvalue weighted by Crippen LogP contribution is -2.46. The van der Waals surface area contributed by atoms with Crippen LogP contribution >= 0.6 is 0 Å². The maximum Gasteiger partial charge on any atom is 0.309 e. The Kier molecular flexibility index (Phi) is 3.12. The lowest BCUT2D eigenvalue weighted by molar-refractivity contribution is -0.154. The van der Waals surface area contributed by atoms with Crippen molar-refractivity contribution in [2.24, 2.45) is 11.8 Å². The van der Waals surface area contributed by atoms with Crippen LogP contribution in [0.1, 0.15) is 45.8 Å². The molecule has 2 aromatic rings. The molecule has 116 valence electrons. The third-order valence-electron chi connectivity index (χ3n) is 5.51. The Morgan fingerprint density at radius 1 is 0.913 bits per heavy atom. The molecule has 0 N–H and O–H groups in total. The molecule has 2 aliphatic carbocycles. The zero-order valence-electron chi connectivity index (χ0n) is 13.2. The van der Waals surface area contributed by atoms with Crippen molar-refractivity contribution in [1.29, 1.82) is 0 Å². The Bertz CT molecular complexity index is 808. The summed E-state index contributed by atoms with van der Waals surface area (Å²) in [5.74, 6) is 0.0450. The topological polar surface area (TPSA) is 43.4 Å². The van der Waals surface area contributed by atoms with Crippen LogP contribution in [0, 0.1) is 11.8 Å². The zero-order chi connectivity index (χ0) is 16.1. The van der Waals surface area contributed by atoms with E-state index in [-0.39, 0.29) is 35.4 Å². The van der Waals surface area contributed by atoms with Crippen LogP contribution in [0.15, 0.2) is 48.5 Å². The van der Waals surface area contributed by atoms with Gasteiger partial charge in [-0.2, -0.15) is 0 Å². The van der Waals surface area contributed by atoms with Crippen molar-refractivity contribution in [3.63, 3.8) is 0 Å². The second kappa shape index (κ2) is 5.05. The monoisotopic (exact) mass is 306 g/mol. The lowest BCUT2D eigenvalue weighted by Gasteiger charge is -2.49. The SMILES string of the molecule is COC(=O)[C@H]1[C@H](C)[C@H]2c3ccccc3C(=O)c3ccccc3[C@@H]12. The summed E-state index contributed by atoms with van der Waals surface area (Å²) in [5.41, 5.74) is 3.52. The molecular formula is C20H18O3. The lowest BCUT2D eigenvalue weighted by atomic mass is 9.53. The number of fused-ring (bicyclic) bond motifs is 5. The van der Waals surface area contributed by atoms with E-state index in [9.17, 15) is 9.59 Å². The van der Waals surface area contributed by atoms with Crippen molar-refractivity contribution >= 4 is 11.8 Å². The quantitative estimate of drug-likeness (QED) is 0.757. The smallest absolute Gasteiger partial charge is 0.309 e. The number of esters is 1. The Hall–Kier alpha value is -2.42. The van der Waals surface area contributed by atoms with E-state index in [1.54, 1.807) is 0 Å². The summed E-state index contributed by atoms with van der Waals surface area (Å²) < 4.78 is 5.02. The number of carbonyl (C=O) groups is 2. The highest BCUT2D eigenvalue weighted by Gasteiger charge is 2.55. The van der Waals surface area contributed by atoms with E-state index in [0.717, 1.165) is 16.7 Å². The Morgan fingerprint density at radius 2 is 1.43 bits per heavy atom. The molecule has 4 rings (SSSR count). The van der Waals surface area contributed by atoms with Crippen LogP contribution < -0.4 is 0 Å². The summed E-state index contributed by atoms with van der Waals surface area (Å²) in [6.07, 6.45) is 0. The summed E-state index contributed by atoms with van der Waals surface area (Å²) in [6.45, 7) is 2.08. The van der Waals surface area contributed by atoms with E-state index < -0.39 is 0 Å². The summed E-state index contributed by atoms with van der Waals surface area (Å²) in [7, 11) is 1.43. The van der Waals surface area contributed by atoms with Gasteiger partial charge in [0, 0.05) is 17.0 Å². The second-order valence-corrected chi connectivity index (χ2v) is 6.46. The number of hydrogen-bond acceptors (Lipinski definition) is 3. The molecule has 1 fully saturated rings. The van der Waals surface area contributed by atoms with Crippen molar-refractivity contribution < 1.29 is 14.3 Å². The van der Waals surface area contributed by atoms with Gasteiger partial charge in [-0.05, 0) is 23.0 Å². The van der Waals surface area contributed by atoms with Gasteiger partial charge in [-0.3, -0.25) is 9.59 Å². The van der Waals surface area contributed by atoms with Crippen molar-refractivity contribution in [2.75, 3.05) is 7.11 Å². The zero-order valence-corrected chi connectivity index (χ0v) is 13.2. The normalized spacial score (nSPS) is 27.8. The fourth-order valence-electron chi connectivity index (χ4n) is 4.45. The average molecular weight is 306 g/mol. The molecule has 0 radical (unpaired) electrons. The van der Waals surface area contributed by atoms with Crippen LogP contribution in [-0.2, 0) is 9.53 Å². The minimum atomic E-state index is -0.190. The first-order chi connectivity index (χ1) is 11.1. The van der Waals surface area contributed by atoms with Gasteiger partial charge in [-0.25, -0.2) is 0 Å². The maximum atomic E-state index is 13.0. The van der Waals surface area contributed by atoms with E-state index in [0.29, 0.717) is 5.56 Å². The highest BCUT2D eigenvalue weighted by atomic mass is 16.5. The van der Waals surface area contributed by atoms with Gasteiger partial charge < -0.3 is 4.74 Å². The molecule has 0 bridgehead atoms. The Balaban J connectivity index is 1.96. The highest BCUT2D eigenvalue weighted by molar-refractivity contribution is 6.12. The third kappa shape index (κ3) is 1.83. The average Bonchev–Trinajstić information content (AvgIpc) is 2.67. The van der Waals surface area contributed by atoms with Crippen LogP contribution in [0.25, 0.3) is 0 Å². The molecule has 4 atom stereocenters. The number of carbonyl (C=O) groups excluding carboxylic acids is 2. The van der Waals surface area contributed by atoms with Gasteiger partial charge in [0.1, 0.15) is 0 Å². The number of ether oxygens (including phenoxy) is 1. The summed E-state index contributed by atoms with van der Waals surface area (Å²) in [4.78, 5) is 25.3. The molecule has 0 unspecified atom stereocenters. The molecule has 3 nitrogen and oxygen atoms in total. The van der Waals surface area contributed by atoms with E-state index in [1.165, 1.54) is 7.11 Å². The standard InChI is InChI=1S/C20H18O3/c1-11-16-12-7-3-5-9-14(12)19(21)15-10-6-4-8-13(15)18(16)17(11)20(22)23-2/h3-11,16-18H,1-2H3/t11-,16+,17+,18-/m1/s1. The van der Waals surface area contributed by atoms with Crippen molar-refractivity contribution in [2.45, 2.75) is 18.8 Å². The van der Waals surface area contributed by atoms with E-state index in [1.807, 2.05) is 48.5 Å². The van der Waals surface area contributed by atoms with Gasteiger partial charge in [-0.15, -0.1) is 0 Å². The molecule has 2 aliphatic rings. The van der Waals surface area contributed by atoms with Crippen molar-refractivity contribution in [3.8, 4) is 0 Å². The molecule has 2 aromatic carbocycles. The summed E-state index contributed by atoms with van der Waals surface area (Å²) in [5, 5.41) is 0. The molecule has 0 aliphatic heterocycles. The Labute approximate surface area is 135 Å². The highest BCUT2D eigenvalue weighted by Crippen LogP contribution is 2.60. The van der Waals surface area contributed by atoms with Gasteiger partial charge in [0.25, 0.3) is 0 Å². The van der Waals surface area contributed by atoms with E-state index >= 15 is 0 Å². The predicted molar refractivity (Wildman–Crippen MR) is 86.5 cm³/mol. The number of methoxy groups -OCH3 is 1. The fraction of sp³-hybridized carbons (Fsp3) is 0.300. The second-order valence-electron chi connectivity index (χ2n) is 6.46. The van der Waals surface area contributed by atoms with Crippen molar-refractivity contribution in [3.05, 3.63) is 70.8 Å². The van der Waals surface area contributed by atoms with E-state index in [4.69, 9.17) is 4.74 Å². The van der Waals surface area contributed by atoms with Crippen LogP contribution in [0.5, 0.6) is 0 Å². The van der Waals surface area contributed by atoms with Gasteiger partial charge in [0.05, 0.1) is 13.0 Å². The Morgan fingerprint density at radius 3 is 2.00 bits per heavy atom. The molecular weight excluding hydrogens is 288 g/mol. The molecule has 23 heavy (non-hydrogen) atoms. The maximum absolute atomic E-state index is 13.0. The van der Waals surface area contributed by atoms with Gasteiger partial charge in [-0.1, -0.05) is 55.5 Å². The van der Waals surface area contributed by atoms with E-state index in [2.05, 4.69) is 6.92 Å². The first-order valence-corrected chi connectivity index (χ1v) is 7.95. The van der Waals surface area contributed by atoms with Gasteiger partial charge >= 0.3 is 5.97 Å². The molecule has 0 amide bonds. The van der Waals surface area contributed by atoms with Crippen LogP contribution in [0.3, 0.4) is 0 Å². The molecule has 3 heteroatoms. The molecule has 0 spiro atoms. The molecule has 1 saturated carbocycles. The largest absolute Gasteiger partial charge is 0.469 e. The summed E-state index contributed by atoms with van der Waals surface area (Å²) >= 11 is 0. The molecule has 0 heterocycles. The summed E-state index contributed by atoms with van der Waals surface area (Å²) in [6, 6.07) is 15.5. The third-order valence-corrected chi connectivity index (χ3v) is 5.51. The first kappa shape index (κ1) is 14.2. The van der Waals surface area contributed by atoms with Gasteiger partial charge in [0.2, 0.25) is 0 Å². The van der Waals surface area contributed by atoms with Crippen LogP contribution in [0.2, 0.25) is 0 Å². The minimum absolute atomic E-state index is 0.0150. The van der Waals surface area contributed by atoms with Gasteiger partial charge in [0.15, 0.2) is 5.78 Å². The predicted octanol–water partition coefficient (Wildman–Crippen LogP) is 3.54. The number of benzene rings is 2. The van der Waals surface area contributed by atoms with Crippen LogP contribution in [0.4, 0.5) is 0 Å². The minimum Gasteiger partial charge on any atom is -0.469 e. The first-order valence-electron chi connectivity index (χ1n) is 7.95. The fourth-order valence-corrected chi connectivity index (χ4v) is 4.45. The van der Waals surface area contributed by atoms with Crippen LogP contribution in [-0.4, -0.2) is 18.9 Å². The number of hydrogen-bond donors (Lipinski definition) is 0.